The lowest BCUT2D eigenvalue weighted by molar-refractivity contribution is -0.119. The molecule has 0 aliphatic heterocycles. The van der Waals surface area contributed by atoms with E-state index in [1.807, 2.05) is 51.1 Å². The van der Waals surface area contributed by atoms with Gasteiger partial charge in [-0.05, 0) is 45.0 Å². The van der Waals surface area contributed by atoms with Crippen molar-refractivity contribution in [2.75, 3.05) is 11.1 Å². The quantitative estimate of drug-likeness (QED) is 0.314. The molecule has 34 heavy (non-hydrogen) atoms. The Balaban J connectivity index is 1.51. The molecule has 0 aliphatic carbocycles. The summed E-state index contributed by atoms with van der Waals surface area (Å²) in [6, 6.07) is 14.7. The van der Waals surface area contributed by atoms with Crippen molar-refractivity contribution < 1.29 is 19.1 Å². The second kappa shape index (κ2) is 12.3. The first-order valence-corrected chi connectivity index (χ1v) is 12.6. The number of aryl methyl sites for hydroxylation is 1. The molecule has 0 atom stereocenters. The van der Waals surface area contributed by atoms with Crippen LogP contribution in [0.2, 0.25) is 0 Å². The van der Waals surface area contributed by atoms with Crippen LogP contribution in [0.25, 0.3) is 0 Å². The van der Waals surface area contributed by atoms with Gasteiger partial charge in [0.15, 0.2) is 0 Å². The van der Waals surface area contributed by atoms with Crippen molar-refractivity contribution in [2.24, 2.45) is 0 Å². The highest BCUT2D eigenvalue weighted by Crippen LogP contribution is 2.24. The maximum atomic E-state index is 12.6. The van der Waals surface area contributed by atoms with Gasteiger partial charge in [0, 0.05) is 22.0 Å². The number of carbonyl (C=O) groups is 3. The van der Waals surface area contributed by atoms with Crippen LogP contribution in [0.15, 0.2) is 58.8 Å². The van der Waals surface area contributed by atoms with Crippen molar-refractivity contribution in [1.29, 1.82) is 0 Å². The normalized spacial score (nSPS) is 10.7. The lowest BCUT2D eigenvalue weighted by atomic mass is 10.2. The lowest BCUT2D eigenvalue weighted by Crippen LogP contribution is -2.31. The third-order valence-corrected chi connectivity index (χ3v) is 6.48. The van der Waals surface area contributed by atoms with Crippen molar-refractivity contribution in [3.63, 3.8) is 0 Å². The number of aromatic nitrogens is 1. The van der Waals surface area contributed by atoms with Gasteiger partial charge in [-0.2, -0.15) is 0 Å². The van der Waals surface area contributed by atoms with Gasteiger partial charge >= 0.3 is 5.97 Å². The minimum atomic E-state index is -0.487. The first-order valence-electron chi connectivity index (χ1n) is 10.8. The van der Waals surface area contributed by atoms with Crippen LogP contribution in [0.4, 0.5) is 5.69 Å². The predicted octanol–water partition coefficient (Wildman–Crippen LogP) is 4.61. The van der Waals surface area contributed by atoms with Crippen LogP contribution in [0, 0.1) is 6.92 Å². The number of nitrogens with one attached hydrogen (secondary N) is 2. The van der Waals surface area contributed by atoms with E-state index in [0.717, 1.165) is 11.3 Å². The van der Waals surface area contributed by atoms with Crippen LogP contribution in [0.3, 0.4) is 0 Å². The standard InChI is InChI=1S/C25H27N3O4S2/c1-16(2)26-23(30)15-33-21-7-5-4-6-20(21)25(31)32-13-19-14-34-24(28-19)12-22(29)27-18-10-8-17(3)9-11-18/h4-11,14,16H,12-13,15H2,1-3H3,(H,26,30)(H,27,29). The van der Waals surface area contributed by atoms with Crippen LogP contribution in [-0.2, 0) is 27.4 Å². The average Bonchev–Trinajstić information content (AvgIpc) is 3.24. The van der Waals surface area contributed by atoms with E-state index in [9.17, 15) is 14.4 Å². The minimum absolute atomic E-state index is 0.00174. The Bertz CT molecular complexity index is 1140. The zero-order valence-corrected chi connectivity index (χ0v) is 20.9. The largest absolute Gasteiger partial charge is 0.456 e. The van der Waals surface area contributed by atoms with Gasteiger partial charge in [-0.15, -0.1) is 23.1 Å². The SMILES string of the molecule is Cc1ccc(NC(=O)Cc2nc(COC(=O)c3ccccc3SCC(=O)NC(C)C)cs2)cc1. The van der Waals surface area contributed by atoms with Gasteiger partial charge in [-0.3, -0.25) is 9.59 Å². The zero-order valence-electron chi connectivity index (χ0n) is 19.3. The van der Waals surface area contributed by atoms with E-state index in [-0.39, 0.29) is 36.6 Å². The number of ether oxygens (including phenoxy) is 1. The molecule has 0 unspecified atom stereocenters. The molecule has 2 aromatic carbocycles. The number of hydrogen-bond acceptors (Lipinski definition) is 7. The van der Waals surface area contributed by atoms with Crippen molar-refractivity contribution >= 4 is 46.6 Å². The van der Waals surface area contributed by atoms with Crippen molar-refractivity contribution in [3.8, 4) is 0 Å². The van der Waals surface area contributed by atoms with Gasteiger partial charge in [-0.25, -0.2) is 9.78 Å². The molecule has 3 aromatic rings. The molecule has 3 rings (SSSR count). The summed E-state index contributed by atoms with van der Waals surface area (Å²) in [5.41, 5.74) is 2.84. The third kappa shape index (κ3) is 8.00. The van der Waals surface area contributed by atoms with E-state index >= 15 is 0 Å². The van der Waals surface area contributed by atoms with Gasteiger partial charge in [0.1, 0.15) is 11.6 Å². The predicted molar refractivity (Wildman–Crippen MR) is 135 cm³/mol. The number of anilines is 1. The summed E-state index contributed by atoms with van der Waals surface area (Å²) in [4.78, 5) is 41.9. The Morgan fingerprint density at radius 2 is 1.79 bits per heavy atom. The Morgan fingerprint density at radius 3 is 2.53 bits per heavy atom. The molecule has 2 amide bonds. The highest BCUT2D eigenvalue weighted by atomic mass is 32.2. The first-order chi connectivity index (χ1) is 16.3. The zero-order chi connectivity index (χ0) is 24.5. The maximum Gasteiger partial charge on any atom is 0.339 e. The Labute approximate surface area is 207 Å². The van der Waals surface area contributed by atoms with E-state index in [1.54, 1.807) is 23.6 Å². The molecule has 0 saturated carbocycles. The van der Waals surface area contributed by atoms with Gasteiger partial charge < -0.3 is 15.4 Å². The molecule has 9 heteroatoms. The molecule has 0 aliphatic rings. The van der Waals surface area contributed by atoms with Crippen molar-refractivity contribution in [1.82, 2.24) is 10.3 Å². The first kappa shape index (κ1) is 25.5. The summed E-state index contributed by atoms with van der Waals surface area (Å²) >= 11 is 2.63. The van der Waals surface area contributed by atoms with Crippen LogP contribution < -0.4 is 10.6 Å². The Kier molecular flexibility index (Phi) is 9.24. The fourth-order valence-electron chi connectivity index (χ4n) is 2.96. The summed E-state index contributed by atoms with van der Waals surface area (Å²) in [6.07, 6.45) is 0.143. The van der Waals surface area contributed by atoms with E-state index in [1.165, 1.54) is 23.1 Å². The number of thiazole rings is 1. The molecule has 0 saturated heterocycles. The third-order valence-electron chi connectivity index (χ3n) is 4.51. The number of nitrogens with zero attached hydrogens (tertiary/aromatic N) is 1. The molecule has 7 nitrogen and oxygen atoms in total. The van der Waals surface area contributed by atoms with E-state index < -0.39 is 5.97 Å². The van der Waals surface area contributed by atoms with Crippen molar-refractivity contribution in [2.45, 2.75) is 44.7 Å². The van der Waals surface area contributed by atoms with Crippen LogP contribution in [0.1, 0.15) is 40.5 Å². The molecule has 0 bridgehead atoms. The number of carbonyl (C=O) groups excluding carboxylic acids is 3. The number of thioether (sulfide) groups is 1. The molecular formula is C25H27N3O4S2. The monoisotopic (exact) mass is 497 g/mol. The number of benzene rings is 2. The summed E-state index contributed by atoms with van der Waals surface area (Å²) in [7, 11) is 0. The molecule has 1 heterocycles. The van der Waals surface area contributed by atoms with E-state index in [0.29, 0.717) is 21.2 Å². The Hall–Kier alpha value is -3.17. The smallest absolute Gasteiger partial charge is 0.339 e. The van der Waals surface area contributed by atoms with Gasteiger partial charge in [0.25, 0.3) is 0 Å². The van der Waals surface area contributed by atoms with Gasteiger partial charge in [-0.1, -0.05) is 29.8 Å². The van der Waals surface area contributed by atoms with Gasteiger partial charge in [0.05, 0.1) is 23.4 Å². The summed E-state index contributed by atoms with van der Waals surface area (Å²) in [5, 5.41) is 8.09. The highest BCUT2D eigenvalue weighted by molar-refractivity contribution is 8.00. The average molecular weight is 498 g/mol. The lowest BCUT2D eigenvalue weighted by Gasteiger charge is -2.10. The van der Waals surface area contributed by atoms with E-state index in [2.05, 4.69) is 15.6 Å². The van der Waals surface area contributed by atoms with Crippen LogP contribution in [0.5, 0.6) is 0 Å². The molecule has 0 radical (unpaired) electrons. The summed E-state index contributed by atoms with van der Waals surface area (Å²) in [6.45, 7) is 5.78. The van der Waals surface area contributed by atoms with Crippen molar-refractivity contribution in [3.05, 3.63) is 75.7 Å². The maximum absolute atomic E-state index is 12.6. The number of hydrogen-bond donors (Lipinski definition) is 2. The summed E-state index contributed by atoms with van der Waals surface area (Å²) < 4.78 is 5.44. The van der Waals surface area contributed by atoms with Crippen LogP contribution >= 0.6 is 23.1 Å². The molecule has 2 N–H and O–H groups in total. The molecule has 1 aromatic heterocycles. The second-order valence-electron chi connectivity index (χ2n) is 7.91. The van der Waals surface area contributed by atoms with Gasteiger partial charge in [0.2, 0.25) is 11.8 Å². The molecule has 0 fully saturated rings. The fourth-order valence-corrected chi connectivity index (χ4v) is 4.59. The molecule has 178 valence electrons. The highest BCUT2D eigenvalue weighted by Gasteiger charge is 2.16. The number of rotatable bonds is 10. The summed E-state index contributed by atoms with van der Waals surface area (Å²) in [5.74, 6) is -0.527. The number of amides is 2. The topological polar surface area (TPSA) is 97.4 Å². The van der Waals surface area contributed by atoms with E-state index in [4.69, 9.17) is 4.74 Å². The molecular weight excluding hydrogens is 470 g/mol. The molecule has 0 spiro atoms. The second-order valence-corrected chi connectivity index (χ2v) is 9.87. The Morgan fingerprint density at radius 1 is 1.06 bits per heavy atom. The fraction of sp³-hybridized carbons (Fsp3) is 0.280. The minimum Gasteiger partial charge on any atom is -0.456 e. The number of esters is 1. The van der Waals surface area contributed by atoms with Crippen LogP contribution in [-0.4, -0.2) is 34.6 Å².